The molecule has 0 atom stereocenters. The molecular weight excluding hydrogens is 320 g/mol. The molecule has 0 saturated heterocycles. The number of alkyl halides is 1. The molecule has 4 nitrogen and oxygen atoms in total. The second-order valence-corrected chi connectivity index (χ2v) is 5.13. The van der Waals surface area contributed by atoms with Crippen LogP contribution in [0.25, 0.3) is 0 Å². The van der Waals surface area contributed by atoms with Crippen molar-refractivity contribution in [3.05, 3.63) is 53.9 Å². The van der Waals surface area contributed by atoms with Crippen molar-refractivity contribution in [2.75, 3.05) is 10.6 Å². The molecule has 0 saturated carbocycles. The molecule has 20 heavy (non-hydrogen) atoms. The zero-order valence-corrected chi connectivity index (χ0v) is 12.4. The number of aryl methyl sites for hydroxylation is 1. The number of halogens is 1. The maximum atomic E-state index is 12.1. The minimum Gasteiger partial charge on any atom is -0.505 e. The van der Waals surface area contributed by atoms with Crippen molar-refractivity contribution in [3.8, 4) is 5.75 Å². The Bertz CT molecular complexity index is 602. The maximum Gasteiger partial charge on any atom is 0.259 e. The van der Waals surface area contributed by atoms with Crippen molar-refractivity contribution in [2.45, 2.75) is 12.8 Å². The number of aromatic nitrogens is 1. The van der Waals surface area contributed by atoms with Crippen LogP contribution in [0.1, 0.15) is 22.3 Å². The lowest BCUT2D eigenvalue weighted by Crippen LogP contribution is -2.12. The number of carbonyl (C=O) groups excluding carboxylic acids is 1. The van der Waals surface area contributed by atoms with Crippen LogP contribution in [0.15, 0.2) is 42.7 Å². The van der Waals surface area contributed by atoms with Gasteiger partial charge in [0.25, 0.3) is 5.91 Å². The molecule has 0 bridgehead atoms. The summed E-state index contributed by atoms with van der Waals surface area (Å²) in [4.78, 5) is 15.8. The standard InChI is InChI=1S/C15H15BrN2O2/c16-7-2-4-11-3-1-5-12(9-11)18-15(20)13-6-8-17-10-14(13)19/h1,3,5-6,8-10,19H,2,4,7H2,(H,18,20). The van der Waals surface area contributed by atoms with Gasteiger partial charge in [0.15, 0.2) is 0 Å². The van der Waals surface area contributed by atoms with Crippen LogP contribution in [0.4, 0.5) is 5.69 Å². The van der Waals surface area contributed by atoms with Gasteiger partial charge in [0, 0.05) is 17.2 Å². The molecule has 1 heterocycles. The van der Waals surface area contributed by atoms with Crippen LogP contribution in [0, 0.1) is 0 Å². The molecule has 1 aromatic heterocycles. The second-order valence-electron chi connectivity index (χ2n) is 4.34. The van der Waals surface area contributed by atoms with E-state index in [4.69, 9.17) is 0 Å². The van der Waals surface area contributed by atoms with Crippen molar-refractivity contribution in [2.24, 2.45) is 0 Å². The summed E-state index contributed by atoms with van der Waals surface area (Å²) in [6.45, 7) is 0. The fourth-order valence-corrected chi connectivity index (χ4v) is 2.13. The van der Waals surface area contributed by atoms with Crippen LogP contribution in [-0.4, -0.2) is 21.3 Å². The quantitative estimate of drug-likeness (QED) is 0.824. The first-order valence-electron chi connectivity index (χ1n) is 6.30. The minimum atomic E-state index is -0.345. The van der Waals surface area contributed by atoms with Crippen LogP contribution >= 0.6 is 15.9 Å². The molecule has 0 aliphatic carbocycles. The summed E-state index contributed by atoms with van der Waals surface area (Å²) in [5.41, 5.74) is 2.10. The van der Waals surface area contributed by atoms with Gasteiger partial charge in [0.2, 0.25) is 0 Å². The van der Waals surface area contributed by atoms with E-state index >= 15 is 0 Å². The second kappa shape index (κ2) is 7.05. The monoisotopic (exact) mass is 334 g/mol. The van der Waals surface area contributed by atoms with Crippen LogP contribution in [-0.2, 0) is 6.42 Å². The molecule has 0 spiro atoms. The van der Waals surface area contributed by atoms with Crippen molar-refractivity contribution in [1.82, 2.24) is 4.98 Å². The van der Waals surface area contributed by atoms with Gasteiger partial charge in [-0.2, -0.15) is 0 Å². The summed E-state index contributed by atoms with van der Waals surface area (Å²) in [7, 11) is 0. The number of carbonyl (C=O) groups is 1. The van der Waals surface area contributed by atoms with E-state index < -0.39 is 0 Å². The van der Waals surface area contributed by atoms with Gasteiger partial charge < -0.3 is 10.4 Å². The molecule has 104 valence electrons. The van der Waals surface area contributed by atoms with Crippen LogP contribution in [0.5, 0.6) is 5.75 Å². The van der Waals surface area contributed by atoms with E-state index in [1.165, 1.54) is 24.0 Å². The highest BCUT2D eigenvalue weighted by Gasteiger charge is 2.10. The first-order valence-corrected chi connectivity index (χ1v) is 7.42. The number of aromatic hydroxyl groups is 1. The lowest BCUT2D eigenvalue weighted by Gasteiger charge is -2.08. The van der Waals surface area contributed by atoms with E-state index in [1.807, 2.05) is 24.3 Å². The van der Waals surface area contributed by atoms with Gasteiger partial charge >= 0.3 is 0 Å². The fraction of sp³-hybridized carbons (Fsp3) is 0.200. The van der Waals surface area contributed by atoms with E-state index in [0.29, 0.717) is 0 Å². The molecule has 2 N–H and O–H groups in total. The summed E-state index contributed by atoms with van der Waals surface area (Å²) in [5.74, 6) is -0.469. The molecule has 1 aromatic carbocycles. The van der Waals surface area contributed by atoms with Crippen LogP contribution in [0.2, 0.25) is 0 Å². The molecule has 0 aliphatic rings. The molecule has 0 aliphatic heterocycles. The molecule has 2 rings (SSSR count). The van der Waals surface area contributed by atoms with Gasteiger partial charge in [0.05, 0.1) is 11.8 Å². The third-order valence-corrected chi connectivity index (χ3v) is 3.39. The highest BCUT2D eigenvalue weighted by Crippen LogP contribution is 2.18. The Morgan fingerprint density at radius 2 is 2.20 bits per heavy atom. The van der Waals surface area contributed by atoms with Gasteiger partial charge in [0.1, 0.15) is 5.75 Å². The molecule has 0 unspecified atom stereocenters. The number of hydrogen-bond acceptors (Lipinski definition) is 3. The summed E-state index contributed by atoms with van der Waals surface area (Å²) < 4.78 is 0. The Morgan fingerprint density at radius 3 is 2.95 bits per heavy atom. The Kier molecular flexibility index (Phi) is 5.12. The predicted octanol–water partition coefficient (Wildman–Crippen LogP) is 3.37. The van der Waals surface area contributed by atoms with E-state index in [2.05, 4.69) is 26.2 Å². The average molecular weight is 335 g/mol. The number of hydrogen-bond donors (Lipinski definition) is 2. The molecule has 1 amide bonds. The van der Waals surface area contributed by atoms with E-state index in [0.717, 1.165) is 23.9 Å². The van der Waals surface area contributed by atoms with Gasteiger partial charge in [-0.3, -0.25) is 9.78 Å². The van der Waals surface area contributed by atoms with E-state index in [1.54, 1.807) is 0 Å². The lowest BCUT2D eigenvalue weighted by molar-refractivity contribution is 0.102. The molecule has 0 fully saturated rings. The number of anilines is 1. The van der Waals surface area contributed by atoms with E-state index in [-0.39, 0.29) is 17.2 Å². The topological polar surface area (TPSA) is 62.2 Å². The highest BCUT2D eigenvalue weighted by molar-refractivity contribution is 9.09. The Hall–Kier alpha value is -1.88. The molecular formula is C15H15BrN2O2. The zero-order chi connectivity index (χ0) is 14.4. The average Bonchev–Trinajstić information content (AvgIpc) is 2.46. The smallest absolute Gasteiger partial charge is 0.259 e. The van der Waals surface area contributed by atoms with Crippen molar-refractivity contribution in [1.29, 1.82) is 0 Å². The van der Waals surface area contributed by atoms with Crippen molar-refractivity contribution in [3.63, 3.8) is 0 Å². The largest absolute Gasteiger partial charge is 0.505 e. The summed E-state index contributed by atoms with van der Waals surface area (Å²) in [6.07, 6.45) is 4.72. The van der Waals surface area contributed by atoms with Crippen LogP contribution < -0.4 is 5.32 Å². The first kappa shape index (κ1) is 14.5. The number of nitrogens with zero attached hydrogens (tertiary/aromatic N) is 1. The van der Waals surface area contributed by atoms with Gasteiger partial charge in [-0.05, 0) is 36.6 Å². The van der Waals surface area contributed by atoms with Crippen molar-refractivity contribution >= 4 is 27.5 Å². The third-order valence-electron chi connectivity index (χ3n) is 2.83. The summed E-state index contributed by atoms with van der Waals surface area (Å²) >= 11 is 3.40. The van der Waals surface area contributed by atoms with Gasteiger partial charge in [-0.1, -0.05) is 28.1 Å². The SMILES string of the molecule is O=C(Nc1cccc(CCCBr)c1)c1ccncc1O. The number of rotatable bonds is 5. The predicted molar refractivity (Wildman–Crippen MR) is 82.4 cm³/mol. The maximum absolute atomic E-state index is 12.1. The molecule has 2 aromatic rings. The lowest BCUT2D eigenvalue weighted by atomic mass is 10.1. The van der Waals surface area contributed by atoms with Crippen molar-refractivity contribution < 1.29 is 9.90 Å². The van der Waals surface area contributed by atoms with E-state index in [9.17, 15) is 9.90 Å². The van der Waals surface area contributed by atoms with Crippen LogP contribution in [0.3, 0.4) is 0 Å². The third kappa shape index (κ3) is 3.81. The van der Waals surface area contributed by atoms with Gasteiger partial charge in [-0.25, -0.2) is 0 Å². The highest BCUT2D eigenvalue weighted by atomic mass is 79.9. The number of benzene rings is 1. The summed E-state index contributed by atoms with van der Waals surface area (Å²) in [6, 6.07) is 9.19. The Balaban J connectivity index is 2.10. The fourth-order valence-electron chi connectivity index (χ4n) is 1.85. The minimum absolute atomic E-state index is 0.125. The number of pyridine rings is 1. The Labute approximate surface area is 126 Å². The number of amides is 1. The molecule has 0 radical (unpaired) electrons. The zero-order valence-electron chi connectivity index (χ0n) is 10.8. The number of nitrogens with one attached hydrogen (secondary N) is 1. The van der Waals surface area contributed by atoms with Gasteiger partial charge in [-0.15, -0.1) is 0 Å². The first-order chi connectivity index (χ1) is 9.70. The normalized spacial score (nSPS) is 10.2. The molecule has 5 heteroatoms. The Morgan fingerprint density at radius 1 is 1.35 bits per heavy atom. The summed E-state index contributed by atoms with van der Waals surface area (Å²) in [5, 5.41) is 13.3.